The fraction of sp³-hybridized carbons (Fsp3) is 0. The van der Waals surface area contributed by atoms with Crippen molar-refractivity contribution in [3.63, 3.8) is 0 Å². The van der Waals surface area contributed by atoms with Crippen molar-refractivity contribution in [3.05, 3.63) is 28.8 Å². The highest BCUT2D eigenvalue weighted by Gasteiger charge is 2.04. The van der Waals surface area contributed by atoms with E-state index in [4.69, 9.17) is 16.9 Å². The molecule has 1 aromatic heterocycles. The molecular weight excluding hydrogens is 155 g/mol. The molecule has 0 spiro atoms. The molecule has 1 aromatic rings. The molecule has 0 aliphatic carbocycles. The second-order valence-electron chi connectivity index (χ2n) is 1.57. The zero-order valence-corrected chi connectivity index (χ0v) is 5.56. The molecule has 1 heterocycles. The molecule has 50 valence electrons. The maximum Gasteiger partial charge on any atom is 0.162 e. The van der Waals surface area contributed by atoms with Gasteiger partial charge in [0, 0.05) is 6.20 Å². The van der Waals surface area contributed by atoms with E-state index < -0.39 is 5.82 Å². The lowest BCUT2D eigenvalue weighted by Gasteiger charge is -1.91. The highest BCUT2D eigenvalue weighted by Crippen LogP contribution is 2.15. The van der Waals surface area contributed by atoms with Crippen molar-refractivity contribution in [1.82, 2.24) is 4.98 Å². The van der Waals surface area contributed by atoms with Gasteiger partial charge in [-0.1, -0.05) is 11.6 Å². The summed E-state index contributed by atoms with van der Waals surface area (Å²) in [6, 6.07) is 2.75. The van der Waals surface area contributed by atoms with Gasteiger partial charge in [-0.3, -0.25) is 0 Å². The van der Waals surface area contributed by atoms with Crippen LogP contribution in [-0.4, -0.2) is 4.98 Å². The van der Waals surface area contributed by atoms with E-state index in [1.807, 2.05) is 0 Å². The summed E-state index contributed by atoms with van der Waals surface area (Å²) in [7, 11) is 0. The summed E-state index contributed by atoms with van der Waals surface area (Å²) in [5.41, 5.74) is -0.0818. The standard InChI is InChI=1S/C6H2ClFN2/c7-6-4(8)1-2-10-5(6)3-9/h1-2H. The zero-order chi connectivity index (χ0) is 7.56. The van der Waals surface area contributed by atoms with Gasteiger partial charge in [-0.2, -0.15) is 5.26 Å². The van der Waals surface area contributed by atoms with E-state index in [-0.39, 0.29) is 10.7 Å². The molecule has 0 atom stereocenters. The summed E-state index contributed by atoms with van der Waals surface area (Å²) in [6.07, 6.45) is 1.19. The molecule has 0 N–H and O–H groups in total. The van der Waals surface area contributed by atoms with E-state index in [2.05, 4.69) is 4.98 Å². The van der Waals surface area contributed by atoms with Gasteiger partial charge in [0.15, 0.2) is 5.69 Å². The van der Waals surface area contributed by atoms with Crippen molar-refractivity contribution in [2.75, 3.05) is 0 Å². The minimum absolute atomic E-state index is 0.0818. The lowest BCUT2D eigenvalue weighted by Crippen LogP contribution is -1.86. The van der Waals surface area contributed by atoms with E-state index >= 15 is 0 Å². The summed E-state index contributed by atoms with van der Waals surface area (Å²) in [5.74, 6) is -0.617. The van der Waals surface area contributed by atoms with E-state index in [1.165, 1.54) is 6.20 Å². The Hall–Kier alpha value is -1.14. The van der Waals surface area contributed by atoms with Gasteiger partial charge < -0.3 is 0 Å². The molecule has 0 bridgehead atoms. The van der Waals surface area contributed by atoms with Gasteiger partial charge in [-0.05, 0) is 6.07 Å². The lowest BCUT2D eigenvalue weighted by molar-refractivity contribution is 0.625. The van der Waals surface area contributed by atoms with Gasteiger partial charge in [0.1, 0.15) is 16.9 Å². The van der Waals surface area contributed by atoms with Crippen LogP contribution in [0.15, 0.2) is 12.3 Å². The minimum Gasteiger partial charge on any atom is -0.244 e. The van der Waals surface area contributed by atoms with Gasteiger partial charge in [0.05, 0.1) is 0 Å². The first-order valence-electron chi connectivity index (χ1n) is 2.46. The first-order chi connectivity index (χ1) is 4.75. The summed E-state index contributed by atoms with van der Waals surface area (Å²) >= 11 is 5.33. The van der Waals surface area contributed by atoms with Crippen LogP contribution in [0.2, 0.25) is 5.02 Å². The Labute approximate surface area is 61.9 Å². The third-order valence-corrected chi connectivity index (χ3v) is 1.31. The van der Waals surface area contributed by atoms with Gasteiger partial charge in [0.2, 0.25) is 0 Å². The molecule has 0 saturated carbocycles. The van der Waals surface area contributed by atoms with E-state index in [9.17, 15) is 4.39 Å². The number of nitriles is 1. The number of pyridine rings is 1. The number of aromatic nitrogens is 1. The van der Waals surface area contributed by atoms with Gasteiger partial charge in [0.25, 0.3) is 0 Å². The van der Waals surface area contributed by atoms with Crippen molar-refractivity contribution < 1.29 is 4.39 Å². The second-order valence-corrected chi connectivity index (χ2v) is 1.95. The SMILES string of the molecule is N#Cc1nccc(F)c1Cl. The van der Waals surface area contributed by atoms with Crippen molar-refractivity contribution in [3.8, 4) is 6.07 Å². The molecular formula is C6H2ClFN2. The Bertz CT molecular complexity index is 292. The maximum absolute atomic E-state index is 12.4. The van der Waals surface area contributed by atoms with Crippen LogP contribution >= 0.6 is 11.6 Å². The van der Waals surface area contributed by atoms with Crippen molar-refractivity contribution in [1.29, 1.82) is 5.26 Å². The Morgan fingerprint density at radius 2 is 2.40 bits per heavy atom. The lowest BCUT2D eigenvalue weighted by atomic mass is 10.4. The number of nitrogens with zero attached hydrogens (tertiary/aromatic N) is 2. The van der Waals surface area contributed by atoms with Crippen LogP contribution in [0.5, 0.6) is 0 Å². The molecule has 0 unspecified atom stereocenters. The second kappa shape index (κ2) is 2.63. The summed E-state index contributed by atoms with van der Waals surface area (Å²) in [4.78, 5) is 3.52. The quantitative estimate of drug-likeness (QED) is 0.574. The fourth-order valence-corrected chi connectivity index (χ4v) is 0.652. The third kappa shape index (κ3) is 1.07. The Morgan fingerprint density at radius 3 is 2.90 bits per heavy atom. The maximum atomic E-state index is 12.4. The van der Waals surface area contributed by atoms with Crippen LogP contribution in [0.25, 0.3) is 0 Å². The van der Waals surface area contributed by atoms with Crippen LogP contribution in [-0.2, 0) is 0 Å². The highest BCUT2D eigenvalue weighted by atomic mass is 35.5. The van der Waals surface area contributed by atoms with Crippen LogP contribution < -0.4 is 0 Å². The van der Waals surface area contributed by atoms with Crippen molar-refractivity contribution in [2.45, 2.75) is 0 Å². The first kappa shape index (κ1) is 6.97. The molecule has 0 saturated heterocycles. The normalized spacial score (nSPS) is 8.90. The molecule has 0 amide bonds. The van der Waals surface area contributed by atoms with Crippen molar-refractivity contribution in [2.24, 2.45) is 0 Å². The Balaban J connectivity index is 3.31. The molecule has 1 rings (SSSR count). The largest absolute Gasteiger partial charge is 0.244 e. The average Bonchev–Trinajstić information content (AvgIpc) is 1.95. The van der Waals surface area contributed by atoms with Crippen LogP contribution in [0.3, 0.4) is 0 Å². The predicted molar refractivity (Wildman–Crippen MR) is 33.9 cm³/mol. The Kier molecular flexibility index (Phi) is 1.83. The third-order valence-electron chi connectivity index (χ3n) is 0.948. The topological polar surface area (TPSA) is 36.7 Å². The molecule has 2 nitrogen and oxygen atoms in total. The van der Waals surface area contributed by atoms with E-state index in [0.717, 1.165) is 6.07 Å². The number of hydrogen-bond acceptors (Lipinski definition) is 2. The molecule has 0 aliphatic heterocycles. The Morgan fingerprint density at radius 1 is 1.70 bits per heavy atom. The molecule has 10 heavy (non-hydrogen) atoms. The van der Waals surface area contributed by atoms with Gasteiger partial charge in [-0.15, -0.1) is 0 Å². The monoisotopic (exact) mass is 156 g/mol. The number of hydrogen-bond donors (Lipinski definition) is 0. The fourth-order valence-electron chi connectivity index (χ4n) is 0.498. The first-order valence-corrected chi connectivity index (χ1v) is 2.83. The highest BCUT2D eigenvalue weighted by molar-refractivity contribution is 6.31. The van der Waals surface area contributed by atoms with E-state index in [1.54, 1.807) is 6.07 Å². The number of rotatable bonds is 0. The minimum atomic E-state index is -0.617. The molecule has 0 aromatic carbocycles. The zero-order valence-electron chi connectivity index (χ0n) is 4.81. The number of halogens is 2. The van der Waals surface area contributed by atoms with Crippen LogP contribution in [0, 0.1) is 17.1 Å². The average molecular weight is 157 g/mol. The van der Waals surface area contributed by atoms with Crippen LogP contribution in [0.4, 0.5) is 4.39 Å². The van der Waals surface area contributed by atoms with Crippen molar-refractivity contribution >= 4 is 11.6 Å². The molecule has 0 radical (unpaired) electrons. The summed E-state index contributed by atoms with van der Waals surface area (Å²) in [6.45, 7) is 0. The molecule has 4 heteroatoms. The predicted octanol–water partition coefficient (Wildman–Crippen LogP) is 1.75. The molecule has 0 fully saturated rings. The van der Waals surface area contributed by atoms with Crippen LogP contribution in [0.1, 0.15) is 5.69 Å². The van der Waals surface area contributed by atoms with Gasteiger partial charge in [-0.25, -0.2) is 9.37 Å². The summed E-state index contributed by atoms with van der Waals surface area (Å²) < 4.78 is 12.4. The van der Waals surface area contributed by atoms with E-state index in [0.29, 0.717) is 0 Å². The van der Waals surface area contributed by atoms with Gasteiger partial charge >= 0.3 is 0 Å². The smallest absolute Gasteiger partial charge is 0.162 e. The molecule has 0 aliphatic rings. The summed E-state index contributed by atoms with van der Waals surface area (Å²) in [5, 5.41) is 8.06.